The third kappa shape index (κ3) is 1.52. The molecule has 1 aromatic carbocycles. The third-order valence-electron chi connectivity index (χ3n) is 2.28. The minimum atomic E-state index is -1.21. The van der Waals surface area contributed by atoms with Gasteiger partial charge in [-0.2, -0.15) is 0 Å². The fraction of sp³-hybridized carbons (Fsp3) is 0.0909. The maximum atomic E-state index is 10.8. The number of nitrogens with zero attached hydrogens (tertiary/aromatic N) is 1. The van der Waals surface area contributed by atoms with Crippen LogP contribution in [0.4, 0.5) is 0 Å². The third-order valence-corrected chi connectivity index (χ3v) is 2.28. The zero-order valence-electron chi connectivity index (χ0n) is 8.47. The van der Waals surface area contributed by atoms with E-state index in [1.807, 2.05) is 0 Å². The number of methoxy groups -OCH3 is 1. The van der Waals surface area contributed by atoms with Crippen LogP contribution in [0.2, 0.25) is 0 Å². The number of hydrogen-bond donors (Lipinski definition) is 2. The highest BCUT2D eigenvalue weighted by Crippen LogP contribution is 2.29. The number of carbonyl (C=O) groups is 1. The molecule has 1 heterocycles. The van der Waals surface area contributed by atoms with Crippen molar-refractivity contribution in [3.05, 3.63) is 30.0 Å². The average molecular weight is 219 g/mol. The molecule has 2 aromatic rings. The average Bonchev–Trinajstić information content (AvgIpc) is 2.28. The van der Waals surface area contributed by atoms with Gasteiger partial charge in [0.1, 0.15) is 17.1 Å². The number of fused-ring (bicyclic) bond motifs is 1. The molecule has 5 heteroatoms. The predicted octanol–water partition coefficient (Wildman–Crippen LogP) is 1.65. The van der Waals surface area contributed by atoms with Crippen LogP contribution in [0, 0.1) is 0 Å². The van der Waals surface area contributed by atoms with E-state index >= 15 is 0 Å². The Kier molecular flexibility index (Phi) is 2.36. The molecule has 0 fully saturated rings. The standard InChI is InChI=1S/C11H9NO4/c1-16-6-2-3-9-7(4-6)10(13)8(5-12-9)11(14)15/h2-5H,1H3,(H,12,13)(H,14,15). The highest BCUT2D eigenvalue weighted by Gasteiger charge is 2.13. The molecule has 0 saturated carbocycles. The zero-order chi connectivity index (χ0) is 11.7. The van der Waals surface area contributed by atoms with Crippen LogP contribution in [0.5, 0.6) is 11.5 Å². The molecule has 0 spiro atoms. The maximum Gasteiger partial charge on any atom is 0.341 e. The number of pyridine rings is 1. The molecule has 0 unspecified atom stereocenters. The van der Waals surface area contributed by atoms with Gasteiger partial charge in [-0.3, -0.25) is 4.98 Å². The lowest BCUT2D eigenvalue weighted by molar-refractivity contribution is 0.0693. The van der Waals surface area contributed by atoms with Gasteiger partial charge in [0.2, 0.25) is 0 Å². The monoisotopic (exact) mass is 219 g/mol. The first-order valence-corrected chi connectivity index (χ1v) is 4.52. The van der Waals surface area contributed by atoms with E-state index in [9.17, 15) is 9.90 Å². The summed E-state index contributed by atoms with van der Waals surface area (Å²) in [6, 6.07) is 4.89. The molecule has 0 amide bonds. The van der Waals surface area contributed by atoms with Gasteiger partial charge >= 0.3 is 5.97 Å². The minimum Gasteiger partial charge on any atom is -0.506 e. The predicted molar refractivity (Wildman–Crippen MR) is 56.9 cm³/mol. The van der Waals surface area contributed by atoms with Gasteiger partial charge in [-0.1, -0.05) is 0 Å². The lowest BCUT2D eigenvalue weighted by Crippen LogP contribution is -1.98. The van der Waals surface area contributed by atoms with Crippen molar-refractivity contribution in [2.45, 2.75) is 0 Å². The highest BCUT2D eigenvalue weighted by molar-refractivity contribution is 5.98. The van der Waals surface area contributed by atoms with Crippen molar-refractivity contribution in [1.29, 1.82) is 0 Å². The van der Waals surface area contributed by atoms with E-state index in [0.717, 1.165) is 6.20 Å². The zero-order valence-corrected chi connectivity index (χ0v) is 8.47. The Hall–Kier alpha value is -2.30. The molecule has 0 aliphatic rings. The Morgan fingerprint density at radius 3 is 2.81 bits per heavy atom. The normalized spacial score (nSPS) is 10.3. The van der Waals surface area contributed by atoms with E-state index in [1.54, 1.807) is 18.2 Å². The number of ether oxygens (including phenoxy) is 1. The van der Waals surface area contributed by atoms with E-state index in [2.05, 4.69) is 4.98 Å². The van der Waals surface area contributed by atoms with Crippen LogP contribution in [0.25, 0.3) is 10.9 Å². The number of carboxylic acids is 1. The summed E-state index contributed by atoms with van der Waals surface area (Å²) < 4.78 is 4.99. The van der Waals surface area contributed by atoms with E-state index < -0.39 is 5.97 Å². The Morgan fingerprint density at radius 2 is 2.19 bits per heavy atom. The van der Waals surface area contributed by atoms with Crippen molar-refractivity contribution < 1.29 is 19.7 Å². The Morgan fingerprint density at radius 1 is 1.44 bits per heavy atom. The first kappa shape index (κ1) is 10.2. The molecular weight excluding hydrogens is 210 g/mol. The molecule has 0 saturated heterocycles. The summed E-state index contributed by atoms with van der Waals surface area (Å²) in [5, 5.41) is 18.9. The summed E-state index contributed by atoms with van der Waals surface area (Å²) >= 11 is 0. The Bertz CT molecular complexity index is 565. The second-order valence-corrected chi connectivity index (χ2v) is 3.21. The summed E-state index contributed by atoms with van der Waals surface area (Å²) in [5.41, 5.74) is 0.295. The fourth-order valence-electron chi connectivity index (χ4n) is 1.44. The van der Waals surface area contributed by atoms with Gasteiger partial charge in [-0.15, -0.1) is 0 Å². The van der Waals surface area contributed by atoms with Crippen molar-refractivity contribution in [2.24, 2.45) is 0 Å². The highest BCUT2D eigenvalue weighted by atomic mass is 16.5. The maximum absolute atomic E-state index is 10.8. The van der Waals surface area contributed by atoms with Crippen LogP contribution in [0.1, 0.15) is 10.4 Å². The van der Waals surface area contributed by atoms with Gasteiger partial charge in [0, 0.05) is 11.6 Å². The summed E-state index contributed by atoms with van der Waals surface area (Å²) in [6.45, 7) is 0. The molecule has 0 radical (unpaired) electrons. The molecule has 0 aliphatic carbocycles. The van der Waals surface area contributed by atoms with Gasteiger partial charge in [0.05, 0.1) is 12.6 Å². The van der Waals surface area contributed by atoms with Gasteiger partial charge in [0.25, 0.3) is 0 Å². The molecule has 2 rings (SSSR count). The second-order valence-electron chi connectivity index (χ2n) is 3.21. The first-order valence-electron chi connectivity index (χ1n) is 4.52. The van der Waals surface area contributed by atoms with Crippen LogP contribution in [0.3, 0.4) is 0 Å². The molecule has 0 aliphatic heterocycles. The molecule has 0 bridgehead atoms. The number of aromatic hydroxyl groups is 1. The van der Waals surface area contributed by atoms with Crippen LogP contribution >= 0.6 is 0 Å². The molecule has 5 nitrogen and oxygen atoms in total. The van der Waals surface area contributed by atoms with Gasteiger partial charge in [-0.05, 0) is 18.2 Å². The molecular formula is C11H9NO4. The largest absolute Gasteiger partial charge is 0.506 e. The SMILES string of the molecule is COc1ccc2ncc(C(=O)O)c(O)c2c1. The minimum absolute atomic E-state index is 0.222. The number of hydrogen-bond acceptors (Lipinski definition) is 4. The Balaban J connectivity index is 2.75. The van der Waals surface area contributed by atoms with E-state index in [0.29, 0.717) is 16.7 Å². The molecule has 2 N–H and O–H groups in total. The number of carboxylic acid groups (broad SMARTS) is 1. The number of aromatic nitrogens is 1. The summed E-state index contributed by atoms with van der Waals surface area (Å²) in [7, 11) is 1.49. The summed E-state index contributed by atoms with van der Waals surface area (Å²) in [4.78, 5) is 14.7. The lowest BCUT2D eigenvalue weighted by atomic mass is 10.1. The van der Waals surface area contributed by atoms with Gasteiger partial charge in [0.15, 0.2) is 0 Å². The van der Waals surface area contributed by atoms with Crippen LogP contribution in [-0.4, -0.2) is 28.3 Å². The quantitative estimate of drug-likeness (QED) is 0.802. The van der Waals surface area contributed by atoms with Crippen molar-refractivity contribution in [1.82, 2.24) is 4.98 Å². The second kappa shape index (κ2) is 3.69. The smallest absolute Gasteiger partial charge is 0.341 e. The van der Waals surface area contributed by atoms with Gasteiger partial charge < -0.3 is 14.9 Å². The van der Waals surface area contributed by atoms with E-state index in [1.165, 1.54) is 7.11 Å². The Labute approximate surface area is 90.9 Å². The lowest BCUT2D eigenvalue weighted by Gasteiger charge is -2.05. The summed E-state index contributed by atoms with van der Waals surface area (Å²) in [6.07, 6.45) is 1.13. The summed E-state index contributed by atoms with van der Waals surface area (Å²) in [5.74, 6) is -0.974. The molecule has 82 valence electrons. The number of rotatable bonds is 2. The molecule has 16 heavy (non-hydrogen) atoms. The van der Waals surface area contributed by atoms with Crippen molar-refractivity contribution in [3.8, 4) is 11.5 Å². The van der Waals surface area contributed by atoms with Crippen LogP contribution in [0.15, 0.2) is 24.4 Å². The molecule has 1 aromatic heterocycles. The van der Waals surface area contributed by atoms with E-state index in [-0.39, 0.29) is 11.3 Å². The van der Waals surface area contributed by atoms with Crippen molar-refractivity contribution in [3.63, 3.8) is 0 Å². The van der Waals surface area contributed by atoms with Gasteiger partial charge in [-0.25, -0.2) is 4.79 Å². The van der Waals surface area contributed by atoms with Crippen molar-refractivity contribution in [2.75, 3.05) is 7.11 Å². The topological polar surface area (TPSA) is 79.7 Å². The number of benzene rings is 1. The first-order chi connectivity index (χ1) is 7.63. The number of aromatic carboxylic acids is 1. The fourth-order valence-corrected chi connectivity index (χ4v) is 1.44. The van der Waals surface area contributed by atoms with Crippen LogP contribution < -0.4 is 4.74 Å². The van der Waals surface area contributed by atoms with Crippen molar-refractivity contribution >= 4 is 16.9 Å². The van der Waals surface area contributed by atoms with Crippen LogP contribution in [-0.2, 0) is 0 Å². The van der Waals surface area contributed by atoms with E-state index in [4.69, 9.17) is 9.84 Å². The molecule has 0 atom stereocenters.